The quantitative estimate of drug-likeness (QED) is 0.501. The van der Waals surface area contributed by atoms with Gasteiger partial charge in [0.1, 0.15) is 0 Å². The van der Waals surface area contributed by atoms with Crippen LogP contribution in [0.2, 0.25) is 0 Å². The van der Waals surface area contributed by atoms with Crippen molar-refractivity contribution in [2.75, 3.05) is 5.32 Å². The molecule has 0 aliphatic carbocycles. The molecule has 0 aliphatic rings. The first-order valence-electron chi connectivity index (χ1n) is 9.73. The number of benzene rings is 3. The van der Waals surface area contributed by atoms with Crippen LogP contribution in [0.5, 0.6) is 0 Å². The lowest BCUT2D eigenvalue weighted by atomic mass is 9.87. The number of fused-ring (bicyclic) bond motifs is 1. The predicted octanol–water partition coefficient (Wildman–Crippen LogP) is 5.40. The third-order valence-electron chi connectivity index (χ3n) is 4.92. The van der Waals surface area contributed by atoms with Crippen LogP contribution in [0.3, 0.4) is 0 Å². The van der Waals surface area contributed by atoms with Crippen molar-refractivity contribution >= 4 is 22.5 Å². The summed E-state index contributed by atoms with van der Waals surface area (Å²) in [4.78, 5) is 29.3. The van der Waals surface area contributed by atoms with E-state index < -0.39 is 5.63 Å². The second-order valence-corrected chi connectivity index (χ2v) is 8.19. The fourth-order valence-electron chi connectivity index (χ4n) is 3.20. The Morgan fingerprint density at radius 2 is 1.67 bits per heavy atom. The zero-order valence-corrected chi connectivity index (χ0v) is 17.1. The first-order valence-corrected chi connectivity index (χ1v) is 9.73. The van der Waals surface area contributed by atoms with Crippen LogP contribution in [-0.4, -0.2) is 10.9 Å². The molecule has 3 aromatic carbocycles. The molecule has 5 heteroatoms. The maximum atomic E-state index is 12.7. The summed E-state index contributed by atoms with van der Waals surface area (Å²) in [6.07, 6.45) is 0. The van der Waals surface area contributed by atoms with Crippen molar-refractivity contribution in [3.63, 3.8) is 0 Å². The number of para-hydroxylation sites is 1. The van der Waals surface area contributed by atoms with Gasteiger partial charge in [0.15, 0.2) is 0 Å². The van der Waals surface area contributed by atoms with E-state index >= 15 is 0 Å². The van der Waals surface area contributed by atoms with Crippen LogP contribution in [0.25, 0.3) is 22.4 Å². The van der Waals surface area contributed by atoms with E-state index in [4.69, 9.17) is 4.42 Å². The van der Waals surface area contributed by atoms with Gasteiger partial charge in [-0.3, -0.25) is 4.79 Å². The molecule has 30 heavy (non-hydrogen) atoms. The largest absolute Gasteiger partial charge is 0.403 e. The third-order valence-corrected chi connectivity index (χ3v) is 4.92. The Labute approximate surface area is 174 Å². The minimum Gasteiger partial charge on any atom is -0.403 e. The molecule has 4 aromatic rings. The molecular formula is C25H22N2O3. The smallest absolute Gasteiger partial charge is 0.347 e. The highest BCUT2D eigenvalue weighted by atomic mass is 16.4. The second-order valence-electron chi connectivity index (χ2n) is 8.19. The molecule has 0 bridgehead atoms. The van der Waals surface area contributed by atoms with Gasteiger partial charge in [-0.1, -0.05) is 51.1 Å². The van der Waals surface area contributed by atoms with Gasteiger partial charge in [-0.2, -0.15) is 0 Å². The number of carbonyl (C=O) groups excluding carboxylic acids is 1. The Balaban J connectivity index is 1.60. The lowest BCUT2D eigenvalue weighted by Gasteiger charge is -2.19. The van der Waals surface area contributed by atoms with Gasteiger partial charge in [-0.25, -0.2) is 9.78 Å². The molecule has 1 aromatic heterocycles. The van der Waals surface area contributed by atoms with Gasteiger partial charge in [-0.15, -0.1) is 0 Å². The van der Waals surface area contributed by atoms with Gasteiger partial charge in [0.2, 0.25) is 5.89 Å². The Morgan fingerprint density at radius 3 is 2.40 bits per heavy atom. The summed E-state index contributed by atoms with van der Waals surface area (Å²) < 4.78 is 5.39. The van der Waals surface area contributed by atoms with E-state index in [1.165, 1.54) is 5.56 Å². The van der Waals surface area contributed by atoms with E-state index in [1.54, 1.807) is 42.5 Å². The fourth-order valence-corrected chi connectivity index (χ4v) is 3.20. The predicted molar refractivity (Wildman–Crippen MR) is 119 cm³/mol. The van der Waals surface area contributed by atoms with Gasteiger partial charge in [0.25, 0.3) is 5.91 Å². The van der Waals surface area contributed by atoms with E-state index in [2.05, 4.69) is 31.1 Å². The van der Waals surface area contributed by atoms with Crippen molar-refractivity contribution in [3.8, 4) is 11.5 Å². The molecular weight excluding hydrogens is 376 g/mol. The zero-order chi connectivity index (χ0) is 21.3. The number of hydrogen-bond acceptors (Lipinski definition) is 4. The van der Waals surface area contributed by atoms with Crippen molar-refractivity contribution in [2.24, 2.45) is 0 Å². The van der Waals surface area contributed by atoms with Gasteiger partial charge in [0.05, 0.1) is 10.9 Å². The van der Waals surface area contributed by atoms with Gasteiger partial charge in [-0.05, 0) is 53.4 Å². The highest BCUT2D eigenvalue weighted by molar-refractivity contribution is 6.04. The minimum atomic E-state index is -0.441. The molecule has 1 amide bonds. The summed E-state index contributed by atoms with van der Waals surface area (Å²) in [6, 6.07) is 21.7. The van der Waals surface area contributed by atoms with Crippen LogP contribution in [0.1, 0.15) is 36.7 Å². The van der Waals surface area contributed by atoms with Crippen LogP contribution >= 0.6 is 0 Å². The van der Waals surface area contributed by atoms with E-state index in [-0.39, 0.29) is 17.2 Å². The summed E-state index contributed by atoms with van der Waals surface area (Å²) in [6.45, 7) is 6.40. The number of aromatic nitrogens is 1. The van der Waals surface area contributed by atoms with Crippen LogP contribution in [0, 0.1) is 0 Å². The minimum absolute atomic E-state index is 0.0279. The number of nitrogens with one attached hydrogen (secondary N) is 1. The monoisotopic (exact) mass is 398 g/mol. The van der Waals surface area contributed by atoms with Crippen molar-refractivity contribution in [1.29, 1.82) is 0 Å². The molecule has 1 N–H and O–H groups in total. The highest BCUT2D eigenvalue weighted by Crippen LogP contribution is 2.24. The standard InChI is InChI=1S/C25H22N2O3/c1-25(2,3)18-13-11-16(12-14-18)22(28)26-19-8-6-7-17(15-19)23-27-21-10-5-4-9-20(21)24(29)30-23/h4-15H,1-3H3,(H,26,28). The second kappa shape index (κ2) is 7.59. The van der Waals surface area contributed by atoms with Crippen LogP contribution < -0.4 is 10.9 Å². The first-order chi connectivity index (χ1) is 14.3. The summed E-state index contributed by atoms with van der Waals surface area (Å²) in [5, 5.41) is 3.33. The molecule has 0 radical (unpaired) electrons. The lowest BCUT2D eigenvalue weighted by molar-refractivity contribution is 0.102. The number of anilines is 1. The number of carbonyl (C=O) groups is 1. The molecule has 0 unspecified atom stereocenters. The Bertz CT molecular complexity index is 1280. The molecule has 1 heterocycles. The Morgan fingerprint density at radius 1 is 0.933 bits per heavy atom. The Kier molecular flexibility index (Phi) is 4.96. The van der Waals surface area contributed by atoms with Crippen molar-refractivity contribution < 1.29 is 9.21 Å². The Hall–Kier alpha value is -3.73. The van der Waals surface area contributed by atoms with Gasteiger partial charge in [0, 0.05) is 16.8 Å². The molecule has 0 aliphatic heterocycles. The molecule has 0 atom stereocenters. The maximum absolute atomic E-state index is 12.7. The molecule has 0 fully saturated rings. The van der Waals surface area contributed by atoms with Crippen LogP contribution in [0.15, 0.2) is 82.0 Å². The van der Waals surface area contributed by atoms with E-state index in [0.29, 0.717) is 27.7 Å². The molecule has 4 rings (SSSR count). The van der Waals surface area contributed by atoms with E-state index in [9.17, 15) is 9.59 Å². The molecule has 0 saturated carbocycles. The average Bonchev–Trinajstić information content (AvgIpc) is 2.73. The average molecular weight is 398 g/mol. The number of amides is 1. The molecule has 0 spiro atoms. The summed E-state index contributed by atoms with van der Waals surface area (Å²) in [5.74, 6) is 0.00450. The summed E-state index contributed by atoms with van der Waals surface area (Å²) >= 11 is 0. The maximum Gasteiger partial charge on any atom is 0.347 e. The summed E-state index contributed by atoms with van der Waals surface area (Å²) in [7, 11) is 0. The van der Waals surface area contributed by atoms with E-state index in [1.807, 2.05) is 30.3 Å². The third kappa shape index (κ3) is 4.01. The molecule has 5 nitrogen and oxygen atoms in total. The normalized spacial score (nSPS) is 11.4. The van der Waals surface area contributed by atoms with Crippen molar-refractivity contribution in [2.45, 2.75) is 26.2 Å². The first kappa shape index (κ1) is 19.6. The van der Waals surface area contributed by atoms with Crippen LogP contribution in [0.4, 0.5) is 5.69 Å². The van der Waals surface area contributed by atoms with Gasteiger partial charge >= 0.3 is 5.63 Å². The lowest BCUT2D eigenvalue weighted by Crippen LogP contribution is -2.14. The number of rotatable bonds is 3. The van der Waals surface area contributed by atoms with Gasteiger partial charge < -0.3 is 9.73 Å². The van der Waals surface area contributed by atoms with Crippen molar-refractivity contribution in [1.82, 2.24) is 4.98 Å². The fraction of sp³-hybridized carbons (Fsp3) is 0.160. The number of nitrogens with zero attached hydrogens (tertiary/aromatic N) is 1. The zero-order valence-electron chi connectivity index (χ0n) is 17.1. The molecule has 150 valence electrons. The molecule has 0 saturated heterocycles. The summed E-state index contributed by atoms with van der Waals surface area (Å²) in [5.41, 5.74) is 3.09. The van der Waals surface area contributed by atoms with Crippen LogP contribution in [-0.2, 0) is 5.41 Å². The van der Waals surface area contributed by atoms with Crippen molar-refractivity contribution in [3.05, 3.63) is 94.3 Å². The van der Waals surface area contributed by atoms with E-state index in [0.717, 1.165) is 0 Å². The highest BCUT2D eigenvalue weighted by Gasteiger charge is 2.15. The topological polar surface area (TPSA) is 72.2 Å². The number of hydrogen-bond donors (Lipinski definition) is 1. The SMILES string of the molecule is CC(C)(C)c1ccc(C(=O)Nc2cccc(-c3nc4ccccc4c(=O)o3)c2)cc1.